The first kappa shape index (κ1) is 11.9. The predicted octanol–water partition coefficient (Wildman–Crippen LogP) is 0.605. The van der Waals surface area contributed by atoms with Gasteiger partial charge in [0, 0.05) is 0 Å². The molecule has 0 saturated heterocycles. The summed E-state index contributed by atoms with van der Waals surface area (Å²) in [4.78, 5) is 0. The molecule has 0 bridgehead atoms. The molecule has 9 heteroatoms. The second-order valence-electron chi connectivity index (χ2n) is 0.599. The standard InChI is InChI=1S/3FH.Fe.H2O4S/c;;;;1-5(2,3)4/h3*1H;;(H2,1,2,3,4)/q;;;+3;/p-3. The van der Waals surface area contributed by atoms with E-state index in [0.29, 0.717) is 0 Å². The normalized spacial score (nSPS) is 11.4. The van der Waals surface area contributed by atoms with Crippen LogP contribution < -0.4 is 0 Å². The first-order chi connectivity index (χ1) is 3.73. The third kappa shape index (κ3) is 9700. The average Bonchev–Trinajstić information content (AvgIpc) is 1.19. The fraction of sp³-hybridized carbons (Fsp3) is 0. The van der Waals surface area contributed by atoms with Crippen LogP contribution in [0.15, 0.2) is 0 Å². The van der Waals surface area contributed by atoms with Gasteiger partial charge in [-0.2, -0.15) is 8.42 Å². The van der Waals surface area contributed by atoms with E-state index in [1.807, 2.05) is 0 Å². The van der Waals surface area contributed by atoms with Gasteiger partial charge in [-0.1, -0.05) is 0 Å². The Labute approximate surface area is 54.5 Å². The zero-order valence-electron chi connectivity index (χ0n) is 3.61. The van der Waals surface area contributed by atoms with Crippen molar-refractivity contribution in [3.8, 4) is 0 Å². The van der Waals surface area contributed by atoms with Crippen LogP contribution in [0.5, 0.6) is 0 Å². The van der Waals surface area contributed by atoms with Crippen molar-refractivity contribution in [3.63, 3.8) is 0 Å². The van der Waals surface area contributed by atoms with Gasteiger partial charge in [-0.15, -0.1) is 0 Å². The maximum absolute atomic E-state index is 9.75. The monoisotopic (exact) mass is 211 g/mol. The minimum absolute atomic E-state index is 4.25. The van der Waals surface area contributed by atoms with E-state index < -0.39 is 25.7 Å². The van der Waals surface area contributed by atoms with Crippen LogP contribution in [-0.2, 0) is 25.7 Å². The summed E-state index contributed by atoms with van der Waals surface area (Å²) in [5, 5.41) is 0. The molecule has 0 spiro atoms. The van der Waals surface area contributed by atoms with E-state index in [4.69, 9.17) is 17.5 Å². The Morgan fingerprint density at radius 1 is 1.11 bits per heavy atom. The van der Waals surface area contributed by atoms with Gasteiger partial charge in [-0.05, 0) is 0 Å². The molecule has 0 aliphatic carbocycles. The Hall–Kier alpha value is 0.179. The van der Waals surface area contributed by atoms with E-state index in [2.05, 4.69) is 0 Å². The van der Waals surface area contributed by atoms with Crippen molar-refractivity contribution in [1.82, 2.24) is 0 Å². The number of halogens is 3. The molecule has 4 nitrogen and oxygen atoms in total. The van der Waals surface area contributed by atoms with Gasteiger partial charge < -0.3 is 0 Å². The third-order valence-corrected chi connectivity index (χ3v) is 0. The second-order valence-corrected chi connectivity index (χ2v) is 1.97. The van der Waals surface area contributed by atoms with Gasteiger partial charge in [0.15, 0.2) is 0 Å². The molecule has 0 aliphatic rings. The fourth-order valence-electron chi connectivity index (χ4n) is 0. The van der Waals surface area contributed by atoms with Gasteiger partial charge in [-0.25, -0.2) is 0 Å². The van der Waals surface area contributed by atoms with Crippen LogP contribution in [0.25, 0.3) is 0 Å². The zero-order chi connectivity index (χ0) is 8.08. The Morgan fingerprint density at radius 2 is 1.11 bits per heavy atom. The summed E-state index contributed by atoms with van der Waals surface area (Å²) in [5.74, 6) is 0. The van der Waals surface area contributed by atoms with Crippen LogP contribution >= 0.6 is 0 Å². The van der Waals surface area contributed by atoms with Crippen LogP contribution in [0.2, 0.25) is 0 Å². The van der Waals surface area contributed by atoms with Crippen LogP contribution in [0.3, 0.4) is 0 Å². The Bertz CT molecular complexity index is 127. The fourth-order valence-corrected chi connectivity index (χ4v) is 0. The molecular weight excluding hydrogens is 209 g/mol. The number of hydrogen-bond donors (Lipinski definition) is 2. The predicted molar refractivity (Wildman–Crippen MR) is 17.5 cm³/mol. The topological polar surface area (TPSA) is 74.6 Å². The number of rotatable bonds is 0. The Morgan fingerprint density at radius 3 is 1.11 bits per heavy atom. The molecule has 0 aliphatic heterocycles. The van der Waals surface area contributed by atoms with E-state index in [1.54, 1.807) is 0 Å². The van der Waals surface area contributed by atoms with E-state index >= 15 is 0 Å². The molecule has 0 fully saturated rings. The Kier molecular flexibility index (Phi) is 6.62. The van der Waals surface area contributed by atoms with Gasteiger partial charge in [0.1, 0.15) is 0 Å². The molecule has 0 atom stereocenters. The van der Waals surface area contributed by atoms with Gasteiger partial charge >= 0.3 is 36.3 Å². The van der Waals surface area contributed by atoms with Crippen molar-refractivity contribution in [2.24, 2.45) is 0 Å². The van der Waals surface area contributed by atoms with E-state index in [-0.39, 0.29) is 0 Å². The van der Waals surface area contributed by atoms with Crippen molar-refractivity contribution >= 4 is 10.4 Å². The minimum atomic E-state index is -4.67. The van der Waals surface area contributed by atoms with E-state index in [1.165, 1.54) is 0 Å². The van der Waals surface area contributed by atoms with Gasteiger partial charge in [0.25, 0.3) is 0 Å². The van der Waals surface area contributed by atoms with E-state index in [9.17, 15) is 10.7 Å². The van der Waals surface area contributed by atoms with Crippen LogP contribution in [-0.4, -0.2) is 17.5 Å². The summed E-state index contributed by atoms with van der Waals surface area (Å²) >= 11 is -4.25. The molecule has 0 unspecified atom stereocenters. The molecule has 61 valence electrons. The Balaban J connectivity index is 0. The first-order valence-corrected chi connectivity index (χ1v) is 3.75. The molecule has 9 heavy (non-hydrogen) atoms. The van der Waals surface area contributed by atoms with Crippen molar-refractivity contribution in [1.29, 1.82) is 0 Å². The van der Waals surface area contributed by atoms with Crippen molar-refractivity contribution in [3.05, 3.63) is 0 Å². The first-order valence-electron chi connectivity index (χ1n) is 1.10. The maximum atomic E-state index is 9.75. The number of hydrogen-bond acceptors (Lipinski definition) is 2. The summed E-state index contributed by atoms with van der Waals surface area (Å²) in [6.45, 7) is 0. The molecule has 0 amide bonds. The van der Waals surface area contributed by atoms with Gasteiger partial charge in [0.05, 0.1) is 0 Å². The molecule has 0 heterocycles. The quantitative estimate of drug-likeness (QED) is 0.454. The van der Waals surface area contributed by atoms with Crippen molar-refractivity contribution < 1.29 is 43.4 Å². The molecule has 2 N–H and O–H groups in total. The molecule has 0 saturated carbocycles. The molecule has 0 rings (SSSR count). The molecule has 0 aromatic rings. The summed E-state index contributed by atoms with van der Waals surface area (Å²) in [6.07, 6.45) is 0. The van der Waals surface area contributed by atoms with E-state index in [0.717, 1.165) is 0 Å². The second kappa shape index (κ2) is 5.00. The molecule has 0 radical (unpaired) electrons. The summed E-state index contributed by atoms with van der Waals surface area (Å²) in [5.41, 5.74) is 0. The van der Waals surface area contributed by atoms with Crippen LogP contribution in [0, 0.1) is 0 Å². The van der Waals surface area contributed by atoms with Gasteiger partial charge in [0.2, 0.25) is 0 Å². The molecule has 0 aromatic carbocycles. The van der Waals surface area contributed by atoms with Crippen molar-refractivity contribution in [2.75, 3.05) is 0 Å². The third-order valence-electron chi connectivity index (χ3n) is 0. The zero-order valence-corrected chi connectivity index (χ0v) is 5.53. The SMILES string of the molecule is O=S(=O)(O)O.[F][Fe]([F])[F]. The van der Waals surface area contributed by atoms with Crippen LogP contribution in [0.1, 0.15) is 0 Å². The summed E-state index contributed by atoms with van der Waals surface area (Å²) in [6, 6.07) is 0. The summed E-state index contributed by atoms with van der Waals surface area (Å²) < 4.78 is 60.8. The molecule has 0 aromatic heterocycles. The average molecular weight is 211 g/mol. The van der Waals surface area contributed by atoms with Crippen molar-refractivity contribution in [2.45, 2.75) is 0 Å². The van der Waals surface area contributed by atoms with Crippen LogP contribution in [0.4, 0.5) is 10.7 Å². The molecular formula is H2F3FeO4S. The van der Waals surface area contributed by atoms with Gasteiger partial charge in [-0.3, -0.25) is 9.11 Å². The summed E-state index contributed by atoms with van der Waals surface area (Å²) in [7, 11) is -4.67.